The fourth-order valence-electron chi connectivity index (χ4n) is 2.95. The van der Waals surface area contributed by atoms with Crippen LogP contribution in [-0.2, 0) is 14.3 Å². The first-order valence-electron chi connectivity index (χ1n) is 8.99. The minimum Gasteiger partial charge on any atom is -0.377 e. The van der Waals surface area contributed by atoms with Crippen molar-refractivity contribution in [2.75, 3.05) is 18.5 Å². The minimum atomic E-state index is -0.309. The van der Waals surface area contributed by atoms with Crippen LogP contribution < -0.4 is 5.32 Å². The van der Waals surface area contributed by atoms with Crippen molar-refractivity contribution in [2.24, 2.45) is 0 Å². The SMILES string of the molecule is Cc1cccc(NC2=C(c3cccs3)C(=O)N(CCOC(C)C)C2=O)c1C. The fourth-order valence-corrected chi connectivity index (χ4v) is 3.71. The quantitative estimate of drug-likeness (QED) is 0.734. The van der Waals surface area contributed by atoms with Crippen LogP contribution in [0.25, 0.3) is 5.57 Å². The first-order valence-corrected chi connectivity index (χ1v) is 9.87. The third-order valence-electron chi connectivity index (χ3n) is 4.57. The van der Waals surface area contributed by atoms with E-state index in [2.05, 4.69) is 5.32 Å². The number of anilines is 1. The third-order valence-corrected chi connectivity index (χ3v) is 5.45. The lowest BCUT2D eigenvalue weighted by Gasteiger charge is -2.17. The van der Waals surface area contributed by atoms with E-state index in [1.54, 1.807) is 0 Å². The van der Waals surface area contributed by atoms with Crippen molar-refractivity contribution in [3.05, 3.63) is 57.4 Å². The Balaban J connectivity index is 1.94. The second-order valence-corrected chi connectivity index (χ2v) is 7.73. The first kappa shape index (κ1) is 19.3. The van der Waals surface area contributed by atoms with Crippen LogP contribution in [0.15, 0.2) is 41.4 Å². The Morgan fingerprint density at radius 1 is 1.11 bits per heavy atom. The van der Waals surface area contributed by atoms with Gasteiger partial charge in [-0.15, -0.1) is 11.3 Å². The smallest absolute Gasteiger partial charge is 0.278 e. The predicted molar refractivity (Wildman–Crippen MR) is 109 cm³/mol. The first-order chi connectivity index (χ1) is 12.9. The molecule has 0 aliphatic carbocycles. The van der Waals surface area contributed by atoms with Gasteiger partial charge < -0.3 is 10.1 Å². The van der Waals surface area contributed by atoms with Crippen LogP contribution in [0, 0.1) is 13.8 Å². The molecule has 0 fully saturated rings. The van der Waals surface area contributed by atoms with E-state index in [4.69, 9.17) is 4.74 Å². The van der Waals surface area contributed by atoms with Gasteiger partial charge in [-0.3, -0.25) is 14.5 Å². The maximum atomic E-state index is 13.0. The summed E-state index contributed by atoms with van der Waals surface area (Å²) in [6, 6.07) is 9.62. The number of hydrogen-bond acceptors (Lipinski definition) is 5. The zero-order valence-corrected chi connectivity index (χ0v) is 16.9. The summed E-state index contributed by atoms with van der Waals surface area (Å²) < 4.78 is 5.53. The average Bonchev–Trinajstić information content (AvgIpc) is 3.21. The zero-order valence-electron chi connectivity index (χ0n) is 16.0. The molecule has 2 amide bonds. The Bertz CT molecular complexity index is 885. The zero-order chi connectivity index (χ0) is 19.6. The molecular weight excluding hydrogens is 360 g/mol. The van der Waals surface area contributed by atoms with Crippen molar-refractivity contribution in [1.82, 2.24) is 4.90 Å². The van der Waals surface area contributed by atoms with Crippen LogP contribution in [0.4, 0.5) is 5.69 Å². The number of nitrogens with one attached hydrogen (secondary N) is 1. The lowest BCUT2D eigenvalue weighted by Crippen LogP contribution is -2.35. The van der Waals surface area contributed by atoms with E-state index in [1.807, 2.05) is 63.4 Å². The van der Waals surface area contributed by atoms with Crippen molar-refractivity contribution in [3.63, 3.8) is 0 Å². The van der Waals surface area contributed by atoms with Crippen LogP contribution in [-0.4, -0.2) is 36.0 Å². The monoisotopic (exact) mass is 384 g/mol. The summed E-state index contributed by atoms with van der Waals surface area (Å²) >= 11 is 1.45. The molecule has 0 saturated carbocycles. The molecule has 27 heavy (non-hydrogen) atoms. The van der Waals surface area contributed by atoms with Gasteiger partial charge in [0.15, 0.2) is 0 Å². The molecule has 1 aliphatic rings. The normalized spacial score (nSPS) is 14.6. The van der Waals surface area contributed by atoms with Crippen molar-refractivity contribution >= 4 is 34.4 Å². The molecule has 1 N–H and O–H groups in total. The van der Waals surface area contributed by atoms with Gasteiger partial charge in [-0.05, 0) is 56.3 Å². The highest BCUT2D eigenvalue weighted by Gasteiger charge is 2.39. The standard InChI is InChI=1S/C21H24N2O3S/c1-13(2)26-11-10-23-20(24)18(17-9-6-12-27-17)19(21(23)25)22-16-8-5-7-14(3)15(16)4/h5-9,12-13,22H,10-11H2,1-4H3. The van der Waals surface area contributed by atoms with E-state index in [-0.39, 0.29) is 24.5 Å². The molecule has 0 atom stereocenters. The van der Waals surface area contributed by atoms with Gasteiger partial charge in [-0.25, -0.2) is 0 Å². The van der Waals surface area contributed by atoms with E-state index in [0.29, 0.717) is 17.9 Å². The molecular formula is C21H24N2O3S. The second-order valence-electron chi connectivity index (χ2n) is 6.78. The highest BCUT2D eigenvalue weighted by atomic mass is 32.1. The summed E-state index contributed by atoms with van der Waals surface area (Å²) in [5, 5.41) is 5.13. The van der Waals surface area contributed by atoms with Gasteiger partial charge in [0.25, 0.3) is 11.8 Å². The molecule has 2 aromatic rings. The Labute approximate surface area is 163 Å². The molecule has 5 nitrogen and oxygen atoms in total. The Kier molecular flexibility index (Phi) is 5.77. The number of benzene rings is 1. The topological polar surface area (TPSA) is 58.6 Å². The number of thiophene rings is 1. The predicted octanol–water partition coefficient (Wildman–Crippen LogP) is 3.98. The minimum absolute atomic E-state index is 0.0510. The summed E-state index contributed by atoms with van der Waals surface area (Å²) in [7, 11) is 0. The van der Waals surface area contributed by atoms with Gasteiger partial charge in [0.1, 0.15) is 5.70 Å². The summed E-state index contributed by atoms with van der Waals surface area (Å²) in [5.74, 6) is -0.584. The van der Waals surface area contributed by atoms with E-state index in [9.17, 15) is 9.59 Å². The number of hydrogen-bond donors (Lipinski definition) is 1. The number of nitrogens with zero attached hydrogens (tertiary/aromatic N) is 1. The van der Waals surface area contributed by atoms with Gasteiger partial charge in [0, 0.05) is 10.6 Å². The maximum absolute atomic E-state index is 13.0. The van der Waals surface area contributed by atoms with Gasteiger partial charge in [-0.1, -0.05) is 18.2 Å². The molecule has 3 rings (SSSR count). The molecule has 0 saturated heterocycles. The molecule has 0 spiro atoms. The number of ether oxygens (including phenoxy) is 1. The molecule has 2 heterocycles. The van der Waals surface area contributed by atoms with E-state index < -0.39 is 0 Å². The van der Waals surface area contributed by atoms with Crippen LogP contribution in [0.5, 0.6) is 0 Å². The average molecular weight is 385 g/mol. The summed E-state index contributed by atoms with van der Waals surface area (Å²) in [4.78, 5) is 28.1. The summed E-state index contributed by atoms with van der Waals surface area (Å²) in [5.41, 5.74) is 3.77. The lowest BCUT2D eigenvalue weighted by molar-refractivity contribution is -0.137. The van der Waals surface area contributed by atoms with Crippen molar-refractivity contribution in [3.8, 4) is 0 Å². The number of aryl methyl sites for hydroxylation is 1. The molecule has 142 valence electrons. The van der Waals surface area contributed by atoms with Gasteiger partial charge in [0.2, 0.25) is 0 Å². The molecule has 1 aromatic heterocycles. The molecule has 0 unspecified atom stereocenters. The maximum Gasteiger partial charge on any atom is 0.278 e. The Morgan fingerprint density at radius 2 is 1.89 bits per heavy atom. The molecule has 6 heteroatoms. The lowest BCUT2D eigenvalue weighted by atomic mass is 10.1. The van der Waals surface area contributed by atoms with Crippen molar-refractivity contribution < 1.29 is 14.3 Å². The van der Waals surface area contributed by atoms with Crippen LogP contribution in [0.2, 0.25) is 0 Å². The van der Waals surface area contributed by atoms with Gasteiger partial charge in [-0.2, -0.15) is 0 Å². The molecule has 0 radical (unpaired) electrons. The number of carbonyl (C=O) groups excluding carboxylic acids is 2. The molecule has 0 bridgehead atoms. The van der Waals surface area contributed by atoms with E-state index in [0.717, 1.165) is 21.7 Å². The molecule has 1 aliphatic heterocycles. The van der Waals surface area contributed by atoms with Crippen LogP contribution >= 0.6 is 11.3 Å². The second kappa shape index (κ2) is 8.06. The number of amides is 2. The number of rotatable bonds is 7. The fraction of sp³-hybridized carbons (Fsp3) is 0.333. The Hall–Kier alpha value is -2.44. The number of carbonyl (C=O) groups is 2. The van der Waals surface area contributed by atoms with Crippen molar-refractivity contribution in [2.45, 2.75) is 33.8 Å². The van der Waals surface area contributed by atoms with Crippen molar-refractivity contribution in [1.29, 1.82) is 0 Å². The Morgan fingerprint density at radius 3 is 2.56 bits per heavy atom. The number of imide groups is 1. The van der Waals surface area contributed by atoms with Gasteiger partial charge >= 0.3 is 0 Å². The summed E-state index contributed by atoms with van der Waals surface area (Å²) in [6.45, 7) is 8.43. The summed E-state index contributed by atoms with van der Waals surface area (Å²) in [6.07, 6.45) is 0.0510. The van der Waals surface area contributed by atoms with E-state index >= 15 is 0 Å². The van der Waals surface area contributed by atoms with Crippen LogP contribution in [0.1, 0.15) is 29.9 Å². The largest absolute Gasteiger partial charge is 0.377 e. The highest BCUT2D eigenvalue weighted by molar-refractivity contribution is 7.11. The van der Waals surface area contributed by atoms with E-state index in [1.165, 1.54) is 16.2 Å². The molecule has 1 aromatic carbocycles. The third kappa shape index (κ3) is 3.96. The highest BCUT2D eigenvalue weighted by Crippen LogP contribution is 2.33. The van der Waals surface area contributed by atoms with Crippen LogP contribution in [0.3, 0.4) is 0 Å². The van der Waals surface area contributed by atoms with Gasteiger partial charge in [0.05, 0.1) is 24.8 Å².